The fourth-order valence-corrected chi connectivity index (χ4v) is 4.77. The molecule has 0 aliphatic carbocycles. The number of cyclic esters (lactones) is 1. The number of amides is 2. The van der Waals surface area contributed by atoms with Crippen LogP contribution in [-0.4, -0.2) is 35.7 Å². The van der Waals surface area contributed by atoms with Crippen molar-refractivity contribution in [2.75, 3.05) is 11.7 Å². The second-order valence-corrected chi connectivity index (χ2v) is 8.48. The second-order valence-electron chi connectivity index (χ2n) is 8.48. The van der Waals surface area contributed by atoms with Crippen molar-refractivity contribution in [1.29, 1.82) is 0 Å². The average molecular weight is 443 g/mol. The van der Waals surface area contributed by atoms with E-state index in [4.69, 9.17) is 9.57 Å². The van der Waals surface area contributed by atoms with E-state index in [1.54, 1.807) is 5.06 Å². The number of hydroxylamine groups is 1. The molecule has 2 heterocycles. The number of carbonyl (C=O) groups excluding carboxylic acids is 2. The van der Waals surface area contributed by atoms with Crippen molar-refractivity contribution in [3.8, 4) is 0 Å². The summed E-state index contributed by atoms with van der Waals surface area (Å²) in [5, 5.41) is 1.80. The molecule has 2 aliphatic heterocycles. The highest BCUT2D eigenvalue weighted by molar-refractivity contribution is 5.96. The number of ether oxygens (including phenoxy) is 1. The van der Waals surface area contributed by atoms with Gasteiger partial charge in [-0.05, 0) is 36.6 Å². The molecule has 2 fully saturated rings. The molecule has 4 atom stereocenters. The predicted molar refractivity (Wildman–Crippen MR) is 124 cm³/mol. The zero-order valence-electron chi connectivity index (χ0n) is 18.4. The lowest BCUT2D eigenvalue weighted by molar-refractivity contribution is -0.135. The summed E-state index contributed by atoms with van der Waals surface area (Å²) in [6.45, 7) is 2.08. The van der Waals surface area contributed by atoms with E-state index in [0.717, 1.165) is 16.8 Å². The predicted octanol–water partition coefficient (Wildman–Crippen LogP) is 4.77. The SMILES string of the molecule is C[C@@H]1ON(c2ccccc2)[C@H](c2ccccc2)[C@H]1C(=O)N1C(=O)OC[C@H]1Cc1ccccc1. The summed E-state index contributed by atoms with van der Waals surface area (Å²) in [7, 11) is 0. The third-order valence-electron chi connectivity index (χ3n) is 6.33. The molecule has 6 nitrogen and oxygen atoms in total. The van der Waals surface area contributed by atoms with Gasteiger partial charge in [-0.3, -0.25) is 9.63 Å². The Balaban J connectivity index is 1.49. The monoisotopic (exact) mass is 442 g/mol. The van der Waals surface area contributed by atoms with Crippen molar-refractivity contribution in [3.05, 3.63) is 102 Å². The van der Waals surface area contributed by atoms with Crippen LogP contribution in [-0.2, 0) is 20.8 Å². The molecule has 0 radical (unpaired) electrons. The summed E-state index contributed by atoms with van der Waals surface area (Å²) < 4.78 is 5.33. The first kappa shape index (κ1) is 21.2. The summed E-state index contributed by atoms with van der Waals surface area (Å²) in [4.78, 5) is 34.2. The highest BCUT2D eigenvalue weighted by Gasteiger charge is 2.51. The standard InChI is InChI=1S/C27H26N2O4/c1-19-24(26(30)28-23(18-32-27(28)31)17-20-11-5-2-6-12-20)25(21-13-7-3-8-14-21)29(33-19)22-15-9-4-10-16-22/h2-16,19,23-25H,17-18H2,1H3/t19-,23+,24-,25+/m0/s1. The third-order valence-corrected chi connectivity index (χ3v) is 6.33. The largest absolute Gasteiger partial charge is 0.447 e. The van der Waals surface area contributed by atoms with Gasteiger partial charge in [0.25, 0.3) is 0 Å². The molecule has 5 rings (SSSR count). The molecule has 0 aromatic heterocycles. The van der Waals surface area contributed by atoms with E-state index in [2.05, 4.69) is 0 Å². The highest BCUT2D eigenvalue weighted by atomic mass is 16.7. The maximum atomic E-state index is 13.9. The molecule has 168 valence electrons. The molecule has 3 aromatic rings. The van der Waals surface area contributed by atoms with Crippen LogP contribution in [0.2, 0.25) is 0 Å². The van der Waals surface area contributed by atoms with Crippen LogP contribution in [0.25, 0.3) is 0 Å². The van der Waals surface area contributed by atoms with E-state index in [9.17, 15) is 9.59 Å². The Morgan fingerprint density at radius 1 is 0.909 bits per heavy atom. The van der Waals surface area contributed by atoms with Crippen LogP contribution in [0.3, 0.4) is 0 Å². The van der Waals surface area contributed by atoms with Crippen LogP contribution in [0.4, 0.5) is 10.5 Å². The van der Waals surface area contributed by atoms with Crippen molar-refractivity contribution in [2.45, 2.75) is 31.5 Å². The first-order valence-corrected chi connectivity index (χ1v) is 11.2. The Labute approximate surface area is 193 Å². The fourth-order valence-electron chi connectivity index (χ4n) is 4.77. The smallest absolute Gasteiger partial charge is 0.416 e. The van der Waals surface area contributed by atoms with Gasteiger partial charge in [-0.1, -0.05) is 78.9 Å². The minimum absolute atomic E-state index is 0.194. The topological polar surface area (TPSA) is 59.1 Å². The quantitative estimate of drug-likeness (QED) is 0.570. The normalized spacial score (nSPS) is 24.7. The van der Waals surface area contributed by atoms with Crippen LogP contribution < -0.4 is 5.06 Å². The number of nitrogens with zero attached hydrogens (tertiary/aromatic N) is 2. The number of hydrogen-bond donors (Lipinski definition) is 0. The van der Waals surface area contributed by atoms with Gasteiger partial charge in [-0.25, -0.2) is 14.8 Å². The number of para-hydroxylation sites is 1. The Hall–Kier alpha value is -3.64. The lowest BCUT2D eigenvalue weighted by Gasteiger charge is -2.29. The minimum Gasteiger partial charge on any atom is -0.447 e. The van der Waals surface area contributed by atoms with Crippen LogP contribution in [0.15, 0.2) is 91.0 Å². The van der Waals surface area contributed by atoms with Gasteiger partial charge in [0.15, 0.2) is 0 Å². The lowest BCUT2D eigenvalue weighted by atomic mass is 9.88. The van der Waals surface area contributed by atoms with E-state index in [1.807, 2.05) is 97.9 Å². The van der Waals surface area contributed by atoms with Gasteiger partial charge in [0.05, 0.1) is 29.8 Å². The van der Waals surface area contributed by atoms with Crippen molar-refractivity contribution in [3.63, 3.8) is 0 Å². The van der Waals surface area contributed by atoms with Crippen molar-refractivity contribution in [2.24, 2.45) is 5.92 Å². The van der Waals surface area contributed by atoms with Gasteiger partial charge in [-0.2, -0.15) is 0 Å². The van der Waals surface area contributed by atoms with Gasteiger partial charge < -0.3 is 4.74 Å². The molecule has 0 saturated carbocycles. The Bertz CT molecular complexity index is 1110. The van der Waals surface area contributed by atoms with Gasteiger partial charge in [-0.15, -0.1) is 0 Å². The molecule has 2 saturated heterocycles. The van der Waals surface area contributed by atoms with Crippen molar-refractivity contribution >= 4 is 17.7 Å². The molecular formula is C27H26N2O4. The van der Waals surface area contributed by atoms with Gasteiger partial charge in [0.2, 0.25) is 5.91 Å². The maximum absolute atomic E-state index is 13.9. The summed E-state index contributed by atoms with van der Waals surface area (Å²) in [6, 6.07) is 28.7. The summed E-state index contributed by atoms with van der Waals surface area (Å²) >= 11 is 0. The lowest BCUT2D eigenvalue weighted by Crippen LogP contribution is -2.46. The highest BCUT2D eigenvalue weighted by Crippen LogP contribution is 2.43. The molecule has 2 amide bonds. The van der Waals surface area contributed by atoms with Crippen LogP contribution >= 0.6 is 0 Å². The molecule has 3 aromatic carbocycles. The molecule has 0 bridgehead atoms. The zero-order valence-corrected chi connectivity index (χ0v) is 18.4. The van der Waals surface area contributed by atoms with Crippen molar-refractivity contribution < 1.29 is 19.2 Å². The van der Waals surface area contributed by atoms with Crippen LogP contribution in [0.5, 0.6) is 0 Å². The van der Waals surface area contributed by atoms with E-state index in [-0.39, 0.29) is 24.6 Å². The molecule has 0 spiro atoms. The first-order chi connectivity index (χ1) is 16.1. The third kappa shape index (κ3) is 4.10. The number of benzene rings is 3. The van der Waals surface area contributed by atoms with E-state index >= 15 is 0 Å². The number of imide groups is 1. The molecule has 0 unspecified atom stereocenters. The number of hydrogen-bond acceptors (Lipinski definition) is 5. The summed E-state index contributed by atoms with van der Waals surface area (Å²) in [6.07, 6.45) is -0.453. The number of carbonyl (C=O) groups is 2. The number of rotatable bonds is 5. The first-order valence-electron chi connectivity index (χ1n) is 11.2. The maximum Gasteiger partial charge on any atom is 0.416 e. The van der Waals surface area contributed by atoms with Crippen LogP contribution in [0.1, 0.15) is 24.1 Å². The van der Waals surface area contributed by atoms with Gasteiger partial charge >= 0.3 is 6.09 Å². The van der Waals surface area contributed by atoms with Gasteiger partial charge in [0, 0.05) is 0 Å². The molecule has 2 aliphatic rings. The summed E-state index contributed by atoms with van der Waals surface area (Å²) in [5.74, 6) is -0.838. The molecular weight excluding hydrogens is 416 g/mol. The van der Waals surface area contributed by atoms with E-state index in [0.29, 0.717) is 6.42 Å². The zero-order chi connectivity index (χ0) is 22.8. The molecule has 33 heavy (non-hydrogen) atoms. The number of anilines is 1. The summed E-state index contributed by atoms with van der Waals surface area (Å²) in [5.41, 5.74) is 2.87. The van der Waals surface area contributed by atoms with E-state index in [1.165, 1.54) is 4.90 Å². The van der Waals surface area contributed by atoms with E-state index < -0.39 is 18.1 Å². The van der Waals surface area contributed by atoms with Crippen LogP contribution in [0, 0.1) is 5.92 Å². The Morgan fingerprint density at radius 3 is 2.18 bits per heavy atom. The Morgan fingerprint density at radius 2 is 1.52 bits per heavy atom. The average Bonchev–Trinajstić information content (AvgIpc) is 3.40. The van der Waals surface area contributed by atoms with Gasteiger partial charge in [0.1, 0.15) is 6.61 Å². The fraction of sp³-hybridized carbons (Fsp3) is 0.259. The second kappa shape index (κ2) is 9.08. The Kier molecular flexibility index (Phi) is 5.84. The molecule has 0 N–H and O–H groups in total. The minimum atomic E-state index is -0.585. The van der Waals surface area contributed by atoms with Crippen molar-refractivity contribution in [1.82, 2.24) is 4.90 Å². The molecule has 6 heteroatoms.